The van der Waals surface area contributed by atoms with Crippen LogP contribution < -0.4 is 4.90 Å². The Labute approximate surface area is 114 Å². The van der Waals surface area contributed by atoms with Crippen molar-refractivity contribution in [2.24, 2.45) is 0 Å². The van der Waals surface area contributed by atoms with Crippen molar-refractivity contribution in [3.8, 4) is 10.6 Å². The molecular weight excluding hydrogens is 262 g/mol. The smallest absolute Gasteiger partial charge is 0.326 e. The molecule has 1 aromatic heterocycles. The Balaban J connectivity index is 1.93. The highest BCUT2D eigenvalue weighted by Gasteiger charge is 2.30. The Kier molecular flexibility index (Phi) is 3.16. The van der Waals surface area contributed by atoms with Gasteiger partial charge in [0.1, 0.15) is 16.6 Å². The molecule has 5 nitrogen and oxygen atoms in total. The molecule has 1 saturated heterocycles. The van der Waals surface area contributed by atoms with Crippen molar-refractivity contribution >= 4 is 23.0 Å². The fourth-order valence-electron chi connectivity index (χ4n) is 2.45. The van der Waals surface area contributed by atoms with Gasteiger partial charge < -0.3 is 10.0 Å². The number of aliphatic carboxylic acids is 1. The molecule has 0 saturated carbocycles. The SMILES string of the molecule is O=C(O)[C@H]1CCCN1c1cccc(-c2nncs2)c1. The van der Waals surface area contributed by atoms with Gasteiger partial charge in [0.15, 0.2) is 0 Å². The van der Waals surface area contributed by atoms with Gasteiger partial charge in [-0.05, 0) is 25.0 Å². The summed E-state index contributed by atoms with van der Waals surface area (Å²) in [5.74, 6) is -0.751. The molecule has 1 aliphatic rings. The number of hydrogen-bond donors (Lipinski definition) is 1. The van der Waals surface area contributed by atoms with Crippen molar-refractivity contribution in [3.63, 3.8) is 0 Å². The normalized spacial score (nSPS) is 18.7. The second-order valence-electron chi connectivity index (χ2n) is 4.48. The number of benzene rings is 1. The van der Waals surface area contributed by atoms with Crippen molar-refractivity contribution in [2.75, 3.05) is 11.4 Å². The second kappa shape index (κ2) is 4.97. The number of nitrogens with zero attached hydrogens (tertiary/aromatic N) is 3. The van der Waals surface area contributed by atoms with Gasteiger partial charge in [0, 0.05) is 17.8 Å². The van der Waals surface area contributed by atoms with E-state index in [9.17, 15) is 9.90 Å². The van der Waals surface area contributed by atoms with E-state index in [0.717, 1.165) is 29.2 Å². The molecule has 2 aromatic rings. The standard InChI is InChI=1S/C13H13N3O2S/c17-13(18)11-5-2-6-16(11)10-4-1-3-9(7-10)12-15-14-8-19-12/h1,3-4,7-8,11H,2,5-6H2,(H,17,18)/t11-/m1/s1. The highest BCUT2D eigenvalue weighted by molar-refractivity contribution is 7.12. The van der Waals surface area contributed by atoms with Crippen LogP contribution >= 0.6 is 11.3 Å². The lowest BCUT2D eigenvalue weighted by molar-refractivity contribution is -0.138. The molecule has 1 atom stereocenters. The van der Waals surface area contributed by atoms with Crippen molar-refractivity contribution in [1.82, 2.24) is 10.2 Å². The molecule has 0 radical (unpaired) electrons. The zero-order chi connectivity index (χ0) is 13.2. The number of hydrogen-bond acceptors (Lipinski definition) is 5. The van der Waals surface area contributed by atoms with Crippen LogP contribution in [0.15, 0.2) is 29.8 Å². The predicted molar refractivity (Wildman–Crippen MR) is 73.3 cm³/mol. The second-order valence-corrected chi connectivity index (χ2v) is 5.32. The van der Waals surface area contributed by atoms with E-state index in [1.54, 1.807) is 5.51 Å². The van der Waals surface area contributed by atoms with E-state index in [1.807, 2.05) is 29.2 Å². The Morgan fingerprint density at radius 1 is 1.47 bits per heavy atom. The first-order valence-electron chi connectivity index (χ1n) is 6.12. The van der Waals surface area contributed by atoms with Crippen molar-refractivity contribution in [1.29, 1.82) is 0 Å². The lowest BCUT2D eigenvalue weighted by Gasteiger charge is -2.23. The number of anilines is 1. The molecular formula is C13H13N3O2S. The molecule has 2 heterocycles. The summed E-state index contributed by atoms with van der Waals surface area (Å²) in [5, 5.41) is 18.0. The van der Waals surface area contributed by atoms with E-state index >= 15 is 0 Å². The summed E-state index contributed by atoms with van der Waals surface area (Å²) < 4.78 is 0. The first-order valence-corrected chi connectivity index (χ1v) is 7.00. The zero-order valence-corrected chi connectivity index (χ0v) is 11.0. The Morgan fingerprint density at radius 2 is 2.37 bits per heavy atom. The number of carbonyl (C=O) groups is 1. The average molecular weight is 275 g/mol. The van der Waals surface area contributed by atoms with Crippen molar-refractivity contribution < 1.29 is 9.90 Å². The van der Waals surface area contributed by atoms with Crippen molar-refractivity contribution in [2.45, 2.75) is 18.9 Å². The molecule has 19 heavy (non-hydrogen) atoms. The van der Waals surface area contributed by atoms with Crippen LogP contribution in [0.3, 0.4) is 0 Å². The highest BCUT2D eigenvalue weighted by atomic mass is 32.1. The number of carboxylic acids is 1. The minimum atomic E-state index is -0.751. The third-order valence-corrected chi connectivity index (χ3v) is 4.06. The van der Waals surface area contributed by atoms with Crippen LogP contribution in [-0.2, 0) is 4.79 Å². The molecule has 98 valence electrons. The minimum Gasteiger partial charge on any atom is -0.480 e. The van der Waals surface area contributed by atoms with Crippen LogP contribution in [0.4, 0.5) is 5.69 Å². The summed E-state index contributed by atoms with van der Waals surface area (Å²) in [4.78, 5) is 13.2. The van der Waals surface area contributed by atoms with Gasteiger partial charge >= 0.3 is 5.97 Å². The summed E-state index contributed by atoms with van der Waals surface area (Å²) in [6.07, 6.45) is 1.62. The zero-order valence-electron chi connectivity index (χ0n) is 10.2. The van der Waals surface area contributed by atoms with Crippen LogP contribution in [0, 0.1) is 0 Å². The third-order valence-electron chi connectivity index (χ3n) is 3.32. The molecule has 0 spiro atoms. The topological polar surface area (TPSA) is 66.3 Å². The minimum absolute atomic E-state index is 0.412. The molecule has 1 fully saturated rings. The van der Waals surface area contributed by atoms with Gasteiger partial charge in [-0.2, -0.15) is 0 Å². The third kappa shape index (κ3) is 2.31. The fraction of sp³-hybridized carbons (Fsp3) is 0.308. The molecule has 0 aliphatic carbocycles. The van der Waals surface area contributed by atoms with Crippen LogP contribution in [0.1, 0.15) is 12.8 Å². The summed E-state index contributed by atoms with van der Waals surface area (Å²) in [6, 6.07) is 7.43. The number of rotatable bonds is 3. The van der Waals surface area contributed by atoms with E-state index in [4.69, 9.17) is 0 Å². The van der Waals surface area contributed by atoms with Gasteiger partial charge in [-0.15, -0.1) is 10.2 Å². The lowest BCUT2D eigenvalue weighted by Crippen LogP contribution is -2.35. The summed E-state index contributed by atoms with van der Waals surface area (Å²) in [6.45, 7) is 0.788. The largest absolute Gasteiger partial charge is 0.480 e. The van der Waals surface area contributed by atoms with Crippen molar-refractivity contribution in [3.05, 3.63) is 29.8 Å². The molecule has 0 amide bonds. The number of carboxylic acid groups (broad SMARTS) is 1. The van der Waals surface area contributed by atoms with Gasteiger partial charge in [-0.1, -0.05) is 23.5 Å². The van der Waals surface area contributed by atoms with Crippen LogP contribution in [-0.4, -0.2) is 33.9 Å². The van der Waals surface area contributed by atoms with E-state index in [0.29, 0.717) is 6.42 Å². The molecule has 1 aromatic carbocycles. The maximum absolute atomic E-state index is 11.2. The molecule has 6 heteroatoms. The summed E-state index contributed by atoms with van der Waals surface area (Å²) in [5.41, 5.74) is 3.62. The maximum Gasteiger partial charge on any atom is 0.326 e. The Morgan fingerprint density at radius 3 is 3.11 bits per heavy atom. The molecule has 0 bridgehead atoms. The number of aromatic nitrogens is 2. The quantitative estimate of drug-likeness (QED) is 0.930. The Bertz CT molecular complexity index is 585. The Hall–Kier alpha value is -1.95. The van der Waals surface area contributed by atoms with Gasteiger partial charge in [0.05, 0.1) is 0 Å². The average Bonchev–Trinajstić information content (AvgIpc) is 3.10. The van der Waals surface area contributed by atoms with Crippen LogP contribution in [0.5, 0.6) is 0 Å². The summed E-state index contributed by atoms with van der Waals surface area (Å²) in [7, 11) is 0. The predicted octanol–water partition coefficient (Wildman–Crippen LogP) is 2.26. The van der Waals surface area contributed by atoms with E-state index in [2.05, 4.69) is 10.2 Å². The maximum atomic E-state index is 11.2. The first-order chi connectivity index (χ1) is 9.25. The molecule has 1 aliphatic heterocycles. The van der Waals surface area contributed by atoms with Gasteiger partial charge in [-0.3, -0.25) is 0 Å². The van der Waals surface area contributed by atoms with E-state index in [-0.39, 0.29) is 0 Å². The molecule has 3 rings (SSSR count). The van der Waals surface area contributed by atoms with E-state index < -0.39 is 12.0 Å². The van der Waals surface area contributed by atoms with Crippen LogP contribution in [0.2, 0.25) is 0 Å². The van der Waals surface area contributed by atoms with Gasteiger partial charge in [-0.25, -0.2) is 4.79 Å². The monoisotopic (exact) mass is 275 g/mol. The highest BCUT2D eigenvalue weighted by Crippen LogP contribution is 2.30. The summed E-state index contributed by atoms with van der Waals surface area (Å²) >= 11 is 1.48. The lowest BCUT2D eigenvalue weighted by atomic mass is 10.1. The van der Waals surface area contributed by atoms with Gasteiger partial charge in [0.25, 0.3) is 0 Å². The van der Waals surface area contributed by atoms with Gasteiger partial charge in [0.2, 0.25) is 0 Å². The fourth-order valence-corrected chi connectivity index (χ4v) is 3.00. The molecule has 1 N–H and O–H groups in total. The first kappa shape index (κ1) is 12.1. The molecule has 0 unspecified atom stereocenters. The van der Waals surface area contributed by atoms with E-state index in [1.165, 1.54) is 11.3 Å². The van der Waals surface area contributed by atoms with Crippen LogP contribution in [0.25, 0.3) is 10.6 Å².